The molecule has 0 aliphatic rings. The third-order valence-electron chi connectivity index (χ3n) is 3.06. The number of nitrogens with one attached hydrogen (secondary N) is 2. The minimum absolute atomic E-state index is 0.138. The fraction of sp³-hybridized carbons (Fsp3) is 0.0667. The van der Waals surface area contributed by atoms with Crippen molar-refractivity contribution in [3.05, 3.63) is 51.5 Å². The second-order valence-corrected chi connectivity index (χ2v) is 5.62. The molecule has 3 aromatic rings. The van der Waals surface area contributed by atoms with Crippen molar-refractivity contribution in [1.29, 1.82) is 0 Å². The number of benzene rings is 2. The molecule has 0 spiro atoms. The number of aromatic hydroxyl groups is 1. The number of nitrogens with zero attached hydrogens (tertiary/aromatic N) is 2. The van der Waals surface area contributed by atoms with Gasteiger partial charge in [-0.3, -0.25) is 0 Å². The third-order valence-corrected chi connectivity index (χ3v) is 3.64. The molecule has 1 aromatic heterocycles. The van der Waals surface area contributed by atoms with Crippen LogP contribution in [0, 0.1) is 6.92 Å². The Morgan fingerprint density at radius 2 is 1.95 bits per heavy atom. The van der Waals surface area contributed by atoms with Crippen LogP contribution in [0.4, 0.5) is 5.95 Å². The Balaban J connectivity index is 1.78. The number of aromatic amines is 1. The molecule has 3 N–H and O–H groups in total. The monoisotopic (exact) mass is 334 g/mol. The molecule has 0 saturated heterocycles. The summed E-state index contributed by atoms with van der Waals surface area (Å²) in [5, 5.41) is 13.9. The van der Waals surface area contributed by atoms with Crippen LogP contribution in [0.25, 0.3) is 11.0 Å². The lowest BCUT2D eigenvalue weighted by atomic mass is 10.2. The molecule has 0 saturated carbocycles. The quantitative estimate of drug-likeness (QED) is 0.493. The number of halogens is 2. The van der Waals surface area contributed by atoms with E-state index < -0.39 is 0 Å². The van der Waals surface area contributed by atoms with E-state index in [9.17, 15) is 5.11 Å². The van der Waals surface area contributed by atoms with Gasteiger partial charge in [-0.15, -0.1) is 0 Å². The minimum atomic E-state index is -0.138. The third kappa shape index (κ3) is 3.00. The second kappa shape index (κ2) is 5.87. The highest BCUT2D eigenvalue weighted by molar-refractivity contribution is 6.37. The first kappa shape index (κ1) is 14.7. The van der Waals surface area contributed by atoms with Gasteiger partial charge >= 0.3 is 0 Å². The highest BCUT2D eigenvalue weighted by Crippen LogP contribution is 2.32. The molecule has 0 fully saturated rings. The number of aromatic nitrogens is 2. The smallest absolute Gasteiger partial charge is 0.222 e. The average Bonchev–Trinajstić information content (AvgIpc) is 2.86. The normalized spacial score (nSPS) is 11.4. The Labute approximate surface area is 136 Å². The van der Waals surface area contributed by atoms with Crippen molar-refractivity contribution in [3.63, 3.8) is 0 Å². The summed E-state index contributed by atoms with van der Waals surface area (Å²) < 4.78 is 0. The highest BCUT2D eigenvalue weighted by atomic mass is 35.5. The molecule has 1 heterocycles. The number of hydrogen-bond donors (Lipinski definition) is 3. The van der Waals surface area contributed by atoms with Crippen LogP contribution in [-0.2, 0) is 0 Å². The van der Waals surface area contributed by atoms with Crippen LogP contribution in [0.15, 0.2) is 35.4 Å². The first-order valence-electron chi connectivity index (χ1n) is 6.46. The summed E-state index contributed by atoms with van der Waals surface area (Å²) in [7, 11) is 0. The second-order valence-electron chi connectivity index (χ2n) is 4.81. The number of imidazole rings is 1. The molecule has 7 heteroatoms. The summed E-state index contributed by atoms with van der Waals surface area (Å²) in [4.78, 5) is 7.49. The van der Waals surface area contributed by atoms with Gasteiger partial charge in [-0.1, -0.05) is 29.3 Å². The van der Waals surface area contributed by atoms with Crippen molar-refractivity contribution in [1.82, 2.24) is 9.97 Å². The van der Waals surface area contributed by atoms with E-state index in [2.05, 4.69) is 20.5 Å². The fourth-order valence-corrected chi connectivity index (χ4v) is 2.51. The van der Waals surface area contributed by atoms with Crippen LogP contribution in [0.2, 0.25) is 10.0 Å². The summed E-state index contributed by atoms with van der Waals surface area (Å²) in [5.41, 5.74) is 6.42. The summed E-state index contributed by atoms with van der Waals surface area (Å²) >= 11 is 11.7. The number of hydrazone groups is 1. The predicted octanol–water partition coefficient (Wildman–Crippen LogP) is 4.33. The topological polar surface area (TPSA) is 73.3 Å². The first-order valence-corrected chi connectivity index (χ1v) is 7.22. The molecular weight excluding hydrogens is 323 g/mol. The standard InChI is InChI=1S/C15H12Cl2N4O/c1-8-2-3-12-13(4-8)20-15(19-12)21-18-7-9-5-10(16)14(22)11(17)6-9/h2-7,22H,1H3,(H2,19,20,21)/b18-7-. The van der Waals surface area contributed by atoms with E-state index in [1.54, 1.807) is 12.1 Å². The van der Waals surface area contributed by atoms with Gasteiger partial charge in [0.2, 0.25) is 5.95 Å². The van der Waals surface area contributed by atoms with E-state index in [0.717, 1.165) is 16.6 Å². The van der Waals surface area contributed by atoms with E-state index in [1.165, 1.54) is 6.21 Å². The van der Waals surface area contributed by atoms with Gasteiger partial charge in [0.15, 0.2) is 5.75 Å². The van der Waals surface area contributed by atoms with Crippen molar-refractivity contribution in [2.75, 3.05) is 5.43 Å². The maximum absolute atomic E-state index is 9.50. The zero-order chi connectivity index (χ0) is 15.7. The molecule has 0 aliphatic carbocycles. The van der Waals surface area contributed by atoms with Crippen LogP contribution in [0.5, 0.6) is 5.75 Å². The number of anilines is 1. The molecule has 3 rings (SSSR count). The van der Waals surface area contributed by atoms with E-state index in [4.69, 9.17) is 23.2 Å². The summed E-state index contributed by atoms with van der Waals surface area (Å²) in [6, 6.07) is 9.08. The van der Waals surface area contributed by atoms with Crippen molar-refractivity contribution in [2.24, 2.45) is 5.10 Å². The van der Waals surface area contributed by atoms with Crippen molar-refractivity contribution in [2.45, 2.75) is 6.92 Å². The van der Waals surface area contributed by atoms with Gasteiger partial charge in [-0.2, -0.15) is 5.10 Å². The Hall–Kier alpha value is -2.24. The molecular formula is C15H12Cl2N4O. The Morgan fingerprint density at radius 3 is 2.68 bits per heavy atom. The summed E-state index contributed by atoms with van der Waals surface area (Å²) in [6.45, 7) is 2.02. The molecule has 0 bridgehead atoms. The number of aryl methyl sites for hydroxylation is 1. The number of phenols is 1. The molecule has 2 aromatic carbocycles. The molecule has 0 radical (unpaired) electrons. The van der Waals surface area contributed by atoms with E-state index >= 15 is 0 Å². The molecule has 0 amide bonds. The Bertz CT molecular complexity index is 850. The molecule has 22 heavy (non-hydrogen) atoms. The number of rotatable bonds is 3. The Morgan fingerprint density at radius 1 is 1.23 bits per heavy atom. The average molecular weight is 335 g/mol. The van der Waals surface area contributed by atoms with Gasteiger partial charge in [-0.25, -0.2) is 10.4 Å². The van der Waals surface area contributed by atoms with Gasteiger partial charge in [-0.05, 0) is 42.3 Å². The molecule has 112 valence electrons. The van der Waals surface area contributed by atoms with Crippen LogP contribution < -0.4 is 5.43 Å². The Kier molecular flexibility index (Phi) is 3.92. The van der Waals surface area contributed by atoms with Gasteiger partial charge in [0.05, 0.1) is 27.3 Å². The zero-order valence-electron chi connectivity index (χ0n) is 11.6. The van der Waals surface area contributed by atoms with E-state index in [0.29, 0.717) is 11.5 Å². The predicted molar refractivity (Wildman–Crippen MR) is 90.2 cm³/mol. The van der Waals surface area contributed by atoms with Gasteiger partial charge < -0.3 is 10.1 Å². The van der Waals surface area contributed by atoms with Gasteiger partial charge in [0.1, 0.15) is 0 Å². The van der Waals surface area contributed by atoms with Crippen molar-refractivity contribution in [3.8, 4) is 5.75 Å². The lowest BCUT2D eigenvalue weighted by Crippen LogP contribution is -1.92. The number of hydrogen-bond acceptors (Lipinski definition) is 4. The van der Waals surface area contributed by atoms with Crippen molar-refractivity contribution < 1.29 is 5.11 Å². The summed E-state index contributed by atoms with van der Waals surface area (Å²) in [6.07, 6.45) is 1.54. The lowest BCUT2D eigenvalue weighted by molar-refractivity contribution is 0.476. The first-order chi connectivity index (χ1) is 10.5. The van der Waals surface area contributed by atoms with Crippen LogP contribution in [0.3, 0.4) is 0 Å². The van der Waals surface area contributed by atoms with Crippen LogP contribution >= 0.6 is 23.2 Å². The molecule has 0 unspecified atom stereocenters. The van der Waals surface area contributed by atoms with Gasteiger partial charge in [0, 0.05) is 0 Å². The zero-order valence-corrected chi connectivity index (χ0v) is 13.1. The van der Waals surface area contributed by atoms with Crippen LogP contribution in [0.1, 0.15) is 11.1 Å². The minimum Gasteiger partial charge on any atom is -0.505 e. The maximum atomic E-state index is 9.50. The highest BCUT2D eigenvalue weighted by Gasteiger charge is 2.05. The maximum Gasteiger partial charge on any atom is 0.222 e. The SMILES string of the molecule is Cc1ccc2nc(N/N=C\c3cc(Cl)c(O)c(Cl)c3)[nH]c2c1. The van der Waals surface area contributed by atoms with E-state index in [-0.39, 0.29) is 15.8 Å². The summed E-state index contributed by atoms with van der Waals surface area (Å²) in [5.74, 6) is 0.397. The lowest BCUT2D eigenvalue weighted by Gasteiger charge is -2.01. The number of H-pyrrole nitrogens is 1. The van der Waals surface area contributed by atoms with Gasteiger partial charge in [0.25, 0.3) is 0 Å². The molecule has 0 atom stereocenters. The van der Waals surface area contributed by atoms with Crippen molar-refractivity contribution >= 4 is 46.4 Å². The molecule has 0 aliphatic heterocycles. The largest absolute Gasteiger partial charge is 0.505 e. The van der Waals surface area contributed by atoms with E-state index in [1.807, 2.05) is 25.1 Å². The number of phenolic OH excluding ortho intramolecular Hbond substituents is 1. The fourth-order valence-electron chi connectivity index (χ4n) is 2.00. The molecule has 5 nitrogen and oxygen atoms in total. The number of fused-ring (bicyclic) bond motifs is 1. The van der Waals surface area contributed by atoms with Crippen LogP contribution in [-0.4, -0.2) is 21.3 Å².